The Bertz CT molecular complexity index is 359. The molecule has 0 saturated carbocycles. The molecule has 1 aromatic rings. The molecular weight excluding hydrogens is 230 g/mol. The van der Waals surface area contributed by atoms with Crippen molar-refractivity contribution in [1.29, 1.82) is 0 Å². The van der Waals surface area contributed by atoms with Gasteiger partial charge in [-0.2, -0.15) is 5.10 Å². The Labute approximate surface area is 108 Å². The van der Waals surface area contributed by atoms with Crippen LogP contribution in [-0.2, 0) is 11.3 Å². The molecule has 0 spiro atoms. The SMILES string of the molecule is CCNC(=NCc1ccn[nH]1)NCC(C)(C)OC. The number of rotatable bonds is 6. The molecule has 0 atom stereocenters. The zero-order valence-electron chi connectivity index (χ0n) is 11.6. The van der Waals surface area contributed by atoms with E-state index in [4.69, 9.17) is 4.74 Å². The van der Waals surface area contributed by atoms with Crippen molar-refractivity contribution < 1.29 is 4.74 Å². The molecule has 0 aliphatic carbocycles. The van der Waals surface area contributed by atoms with Crippen LogP contribution in [0.25, 0.3) is 0 Å². The maximum atomic E-state index is 5.36. The normalized spacial score (nSPS) is 12.6. The van der Waals surface area contributed by atoms with Crippen molar-refractivity contribution >= 4 is 5.96 Å². The molecule has 6 nitrogen and oxygen atoms in total. The van der Waals surface area contributed by atoms with Crippen LogP contribution in [0.4, 0.5) is 0 Å². The number of ether oxygens (including phenoxy) is 1. The van der Waals surface area contributed by atoms with Gasteiger partial charge in [0, 0.05) is 26.4 Å². The summed E-state index contributed by atoms with van der Waals surface area (Å²) in [7, 11) is 1.70. The Hall–Kier alpha value is -1.56. The first-order valence-electron chi connectivity index (χ1n) is 6.13. The predicted molar refractivity (Wildman–Crippen MR) is 72.5 cm³/mol. The van der Waals surface area contributed by atoms with E-state index >= 15 is 0 Å². The Kier molecular flexibility index (Phi) is 5.64. The highest BCUT2D eigenvalue weighted by atomic mass is 16.5. The summed E-state index contributed by atoms with van der Waals surface area (Å²) in [6, 6.07) is 1.91. The maximum absolute atomic E-state index is 5.36. The van der Waals surface area contributed by atoms with E-state index in [2.05, 4.69) is 25.8 Å². The van der Waals surface area contributed by atoms with E-state index in [0.29, 0.717) is 13.1 Å². The van der Waals surface area contributed by atoms with Crippen molar-refractivity contribution in [2.75, 3.05) is 20.2 Å². The van der Waals surface area contributed by atoms with Crippen molar-refractivity contribution in [3.05, 3.63) is 18.0 Å². The van der Waals surface area contributed by atoms with Crippen molar-refractivity contribution in [2.45, 2.75) is 32.9 Å². The van der Waals surface area contributed by atoms with Gasteiger partial charge in [0.1, 0.15) is 0 Å². The molecule has 1 aromatic heterocycles. The quantitative estimate of drug-likeness (QED) is 0.520. The zero-order chi connectivity index (χ0) is 13.4. The molecule has 102 valence electrons. The molecule has 1 heterocycles. The first-order chi connectivity index (χ1) is 8.57. The van der Waals surface area contributed by atoms with Crippen molar-refractivity contribution in [3.8, 4) is 0 Å². The van der Waals surface area contributed by atoms with Gasteiger partial charge >= 0.3 is 0 Å². The van der Waals surface area contributed by atoms with E-state index in [1.807, 2.05) is 26.8 Å². The molecule has 0 fully saturated rings. The first-order valence-corrected chi connectivity index (χ1v) is 6.13. The van der Waals surface area contributed by atoms with Crippen LogP contribution in [0.15, 0.2) is 17.3 Å². The largest absolute Gasteiger partial charge is 0.377 e. The number of methoxy groups -OCH3 is 1. The summed E-state index contributed by atoms with van der Waals surface area (Å²) in [6.07, 6.45) is 1.72. The number of nitrogens with one attached hydrogen (secondary N) is 3. The minimum Gasteiger partial charge on any atom is -0.377 e. The summed E-state index contributed by atoms with van der Waals surface area (Å²) in [5.41, 5.74) is 0.766. The lowest BCUT2D eigenvalue weighted by molar-refractivity contribution is 0.0268. The van der Waals surface area contributed by atoms with E-state index < -0.39 is 0 Å². The van der Waals surface area contributed by atoms with E-state index in [1.165, 1.54) is 0 Å². The molecule has 0 aliphatic heterocycles. The fraction of sp³-hybridized carbons (Fsp3) is 0.667. The van der Waals surface area contributed by atoms with E-state index in [0.717, 1.165) is 18.2 Å². The molecule has 3 N–H and O–H groups in total. The summed E-state index contributed by atoms with van der Waals surface area (Å²) in [6.45, 7) is 8.18. The minimum absolute atomic E-state index is 0.218. The average Bonchev–Trinajstić information content (AvgIpc) is 2.86. The summed E-state index contributed by atoms with van der Waals surface area (Å²) >= 11 is 0. The number of aromatic amines is 1. The van der Waals surface area contributed by atoms with Crippen molar-refractivity contribution in [3.63, 3.8) is 0 Å². The first kappa shape index (κ1) is 14.5. The highest BCUT2D eigenvalue weighted by molar-refractivity contribution is 5.79. The number of hydrogen-bond acceptors (Lipinski definition) is 3. The molecule has 1 rings (SSSR count). The number of guanidine groups is 1. The van der Waals surface area contributed by atoms with Gasteiger partial charge in [-0.1, -0.05) is 0 Å². The molecule has 0 unspecified atom stereocenters. The van der Waals surface area contributed by atoms with E-state index in [1.54, 1.807) is 13.3 Å². The summed E-state index contributed by atoms with van der Waals surface area (Å²) in [5, 5.41) is 13.2. The smallest absolute Gasteiger partial charge is 0.191 e. The molecule has 18 heavy (non-hydrogen) atoms. The molecule has 0 radical (unpaired) electrons. The summed E-state index contributed by atoms with van der Waals surface area (Å²) < 4.78 is 5.36. The van der Waals surface area contributed by atoms with Gasteiger partial charge in [-0.25, -0.2) is 4.99 Å². The van der Waals surface area contributed by atoms with Crippen LogP contribution in [-0.4, -0.2) is 42.0 Å². The molecule has 0 bridgehead atoms. The Morgan fingerprint density at radius 2 is 2.28 bits per heavy atom. The molecule has 0 amide bonds. The summed E-state index contributed by atoms with van der Waals surface area (Å²) in [4.78, 5) is 4.46. The highest BCUT2D eigenvalue weighted by Gasteiger charge is 2.16. The van der Waals surface area contributed by atoms with Gasteiger partial charge in [-0.05, 0) is 26.8 Å². The third-order valence-corrected chi connectivity index (χ3v) is 2.54. The standard InChI is InChI=1S/C12H23N5O/c1-5-13-11(15-9-12(2,3)18-4)14-8-10-6-7-16-17-10/h6-7H,5,8-9H2,1-4H3,(H,16,17)(H2,13,14,15). The van der Waals surface area contributed by atoms with Crippen molar-refractivity contribution in [2.24, 2.45) is 4.99 Å². The van der Waals surface area contributed by atoms with Crippen LogP contribution in [0.5, 0.6) is 0 Å². The lowest BCUT2D eigenvalue weighted by Crippen LogP contribution is -2.45. The number of aliphatic imine (C=N–C) groups is 1. The number of nitrogens with zero attached hydrogens (tertiary/aromatic N) is 2. The predicted octanol–water partition coefficient (Wildman–Crippen LogP) is 0.890. The van der Waals surface area contributed by atoms with Crippen LogP contribution >= 0.6 is 0 Å². The van der Waals surface area contributed by atoms with E-state index in [-0.39, 0.29) is 5.60 Å². The molecule has 0 aliphatic rings. The van der Waals surface area contributed by atoms with Gasteiger partial charge in [-0.3, -0.25) is 5.10 Å². The monoisotopic (exact) mass is 253 g/mol. The lowest BCUT2D eigenvalue weighted by atomic mass is 10.1. The summed E-state index contributed by atoms with van der Waals surface area (Å²) in [5.74, 6) is 0.775. The van der Waals surface area contributed by atoms with Gasteiger partial charge in [-0.15, -0.1) is 0 Å². The zero-order valence-corrected chi connectivity index (χ0v) is 11.6. The Balaban J connectivity index is 2.51. The Morgan fingerprint density at radius 1 is 1.50 bits per heavy atom. The van der Waals surface area contributed by atoms with Crippen LogP contribution in [0, 0.1) is 0 Å². The van der Waals surface area contributed by atoms with Crippen LogP contribution in [0.1, 0.15) is 26.5 Å². The number of H-pyrrole nitrogens is 1. The molecule has 0 aromatic carbocycles. The molecule has 6 heteroatoms. The fourth-order valence-corrected chi connectivity index (χ4v) is 1.25. The third kappa shape index (κ3) is 5.18. The van der Waals surface area contributed by atoms with Crippen molar-refractivity contribution in [1.82, 2.24) is 20.8 Å². The maximum Gasteiger partial charge on any atom is 0.191 e. The van der Waals surface area contributed by atoms with Crippen LogP contribution in [0.3, 0.4) is 0 Å². The van der Waals surface area contributed by atoms with Crippen LogP contribution in [0.2, 0.25) is 0 Å². The lowest BCUT2D eigenvalue weighted by Gasteiger charge is -2.24. The van der Waals surface area contributed by atoms with Gasteiger partial charge in [0.2, 0.25) is 0 Å². The molecular formula is C12H23N5O. The fourth-order valence-electron chi connectivity index (χ4n) is 1.25. The number of aromatic nitrogens is 2. The average molecular weight is 253 g/mol. The topological polar surface area (TPSA) is 74.3 Å². The number of hydrogen-bond donors (Lipinski definition) is 3. The van der Waals surface area contributed by atoms with E-state index in [9.17, 15) is 0 Å². The minimum atomic E-state index is -0.218. The van der Waals surface area contributed by atoms with Gasteiger partial charge < -0.3 is 15.4 Å². The Morgan fingerprint density at radius 3 is 2.83 bits per heavy atom. The second kappa shape index (κ2) is 7.00. The third-order valence-electron chi connectivity index (χ3n) is 2.54. The second-order valence-corrected chi connectivity index (χ2v) is 4.59. The second-order valence-electron chi connectivity index (χ2n) is 4.59. The van der Waals surface area contributed by atoms with Crippen LogP contribution < -0.4 is 10.6 Å². The van der Waals surface area contributed by atoms with Gasteiger partial charge in [0.25, 0.3) is 0 Å². The van der Waals surface area contributed by atoms with Gasteiger partial charge in [0.05, 0.1) is 17.8 Å². The molecule has 0 saturated heterocycles. The van der Waals surface area contributed by atoms with Gasteiger partial charge in [0.15, 0.2) is 5.96 Å². The highest BCUT2D eigenvalue weighted by Crippen LogP contribution is 2.04.